The zero-order valence-corrected chi connectivity index (χ0v) is 9.73. The first-order chi connectivity index (χ1) is 9.08. The van der Waals surface area contributed by atoms with Crippen LogP contribution in [0.25, 0.3) is 0 Å². The average molecular weight is 264 g/mol. The third kappa shape index (κ3) is 3.01. The fourth-order valence-corrected chi connectivity index (χ4v) is 1.43. The molecule has 0 aliphatic heterocycles. The standard InChI is InChI=1S/C12H10F2N4O/c13-9-5-10(14)11(15)4-8(9)12(19)16-6-7-2-1-3-17-18-7/h1-5H,6,15H2,(H,16,19). The lowest BCUT2D eigenvalue weighted by Crippen LogP contribution is -2.24. The largest absolute Gasteiger partial charge is 0.396 e. The summed E-state index contributed by atoms with van der Waals surface area (Å²) >= 11 is 0. The van der Waals surface area contributed by atoms with Crippen molar-refractivity contribution in [3.8, 4) is 0 Å². The molecule has 2 rings (SSSR count). The van der Waals surface area contributed by atoms with Gasteiger partial charge in [-0.2, -0.15) is 10.2 Å². The molecule has 1 heterocycles. The van der Waals surface area contributed by atoms with E-state index in [1.54, 1.807) is 12.1 Å². The minimum absolute atomic E-state index is 0.0867. The zero-order chi connectivity index (χ0) is 13.8. The maximum Gasteiger partial charge on any atom is 0.254 e. The normalized spacial score (nSPS) is 10.2. The molecule has 0 fully saturated rings. The molecule has 0 radical (unpaired) electrons. The van der Waals surface area contributed by atoms with Gasteiger partial charge in [-0.05, 0) is 18.2 Å². The van der Waals surface area contributed by atoms with Crippen LogP contribution in [0.5, 0.6) is 0 Å². The first-order valence-electron chi connectivity index (χ1n) is 5.37. The van der Waals surface area contributed by atoms with Crippen molar-refractivity contribution >= 4 is 11.6 Å². The number of carbonyl (C=O) groups excluding carboxylic acids is 1. The summed E-state index contributed by atoms with van der Waals surface area (Å²) in [6.45, 7) is 0.0867. The number of nitrogens with two attached hydrogens (primary N) is 1. The Morgan fingerprint density at radius 3 is 2.79 bits per heavy atom. The number of hydrogen-bond acceptors (Lipinski definition) is 4. The highest BCUT2D eigenvalue weighted by atomic mass is 19.1. The number of benzene rings is 1. The van der Waals surface area contributed by atoms with Crippen molar-refractivity contribution in [3.05, 3.63) is 53.4 Å². The van der Waals surface area contributed by atoms with Crippen LogP contribution in [0, 0.1) is 11.6 Å². The zero-order valence-electron chi connectivity index (χ0n) is 9.73. The number of halogens is 2. The molecule has 0 aliphatic rings. The van der Waals surface area contributed by atoms with E-state index in [-0.39, 0.29) is 17.8 Å². The van der Waals surface area contributed by atoms with Crippen molar-refractivity contribution in [2.45, 2.75) is 6.54 Å². The van der Waals surface area contributed by atoms with Crippen LogP contribution in [0.4, 0.5) is 14.5 Å². The predicted molar refractivity (Wildman–Crippen MR) is 64.0 cm³/mol. The van der Waals surface area contributed by atoms with Crippen LogP contribution in [0.15, 0.2) is 30.5 Å². The van der Waals surface area contributed by atoms with Crippen molar-refractivity contribution < 1.29 is 13.6 Å². The molecule has 0 unspecified atom stereocenters. The van der Waals surface area contributed by atoms with Crippen molar-refractivity contribution in [2.24, 2.45) is 0 Å². The summed E-state index contributed by atoms with van der Waals surface area (Å²) in [4.78, 5) is 11.7. The molecule has 3 N–H and O–H groups in total. The molecule has 5 nitrogen and oxygen atoms in total. The fraction of sp³-hybridized carbons (Fsp3) is 0.0833. The molecule has 1 amide bonds. The molecule has 98 valence electrons. The molecule has 19 heavy (non-hydrogen) atoms. The number of hydrogen-bond donors (Lipinski definition) is 2. The SMILES string of the molecule is Nc1cc(C(=O)NCc2cccnn2)c(F)cc1F. The van der Waals surface area contributed by atoms with Gasteiger partial charge >= 0.3 is 0 Å². The van der Waals surface area contributed by atoms with Gasteiger partial charge in [0.25, 0.3) is 5.91 Å². The van der Waals surface area contributed by atoms with E-state index in [0.29, 0.717) is 11.8 Å². The van der Waals surface area contributed by atoms with Crippen molar-refractivity contribution in [1.82, 2.24) is 15.5 Å². The van der Waals surface area contributed by atoms with Gasteiger partial charge in [-0.3, -0.25) is 4.79 Å². The molecule has 0 saturated heterocycles. The smallest absolute Gasteiger partial charge is 0.254 e. The van der Waals surface area contributed by atoms with Gasteiger partial charge in [-0.15, -0.1) is 0 Å². The molecule has 0 bridgehead atoms. The Labute approximate surface area is 107 Å². The number of rotatable bonds is 3. The monoisotopic (exact) mass is 264 g/mol. The summed E-state index contributed by atoms with van der Waals surface area (Å²) in [5.41, 5.74) is 5.21. The molecule has 1 aromatic carbocycles. The molecule has 0 atom stereocenters. The maximum absolute atomic E-state index is 13.4. The summed E-state index contributed by atoms with van der Waals surface area (Å²) in [5, 5.41) is 9.83. The van der Waals surface area contributed by atoms with E-state index >= 15 is 0 Å². The predicted octanol–water partition coefficient (Wildman–Crippen LogP) is 1.27. The van der Waals surface area contributed by atoms with E-state index in [2.05, 4.69) is 15.5 Å². The lowest BCUT2D eigenvalue weighted by Gasteiger charge is -2.06. The van der Waals surface area contributed by atoms with Crippen molar-refractivity contribution in [2.75, 3.05) is 5.73 Å². The van der Waals surface area contributed by atoms with Crippen LogP contribution in [-0.2, 0) is 6.54 Å². The van der Waals surface area contributed by atoms with Gasteiger partial charge < -0.3 is 11.1 Å². The highest BCUT2D eigenvalue weighted by molar-refractivity contribution is 5.95. The lowest BCUT2D eigenvalue weighted by atomic mass is 10.1. The fourth-order valence-electron chi connectivity index (χ4n) is 1.43. The maximum atomic E-state index is 13.4. The Morgan fingerprint density at radius 2 is 2.11 bits per heavy atom. The van der Waals surface area contributed by atoms with Gasteiger partial charge in [0.15, 0.2) is 0 Å². The average Bonchev–Trinajstić information content (AvgIpc) is 2.41. The number of amides is 1. The first-order valence-corrected chi connectivity index (χ1v) is 5.37. The number of nitrogen functional groups attached to an aromatic ring is 1. The topological polar surface area (TPSA) is 80.9 Å². The third-order valence-electron chi connectivity index (χ3n) is 2.39. The number of aromatic nitrogens is 2. The molecule has 0 aliphatic carbocycles. The highest BCUT2D eigenvalue weighted by Gasteiger charge is 2.14. The summed E-state index contributed by atoms with van der Waals surface area (Å²) in [5.74, 6) is -2.57. The van der Waals surface area contributed by atoms with Gasteiger partial charge in [0.05, 0.1) is 23.5 Å². The van der Waals surface area contributed by atoms with Gasteiger partial charge in [-0.25, -0.2) is 8.78 Å². The number of carbonyl (C=O) groups is 1. The van der Waals surface area contributed by atoms with E-state index in [1.807, 2.05) is 0 Å². The van der Waals surface area contributed by atoms with Crippen molar-refractivity contribution in [1.29, 1.82) is 0 Å². The quantitative estimate of drug-likeness (QED) is 0.818. The Kier molecular flexibility index (Phi) is 3.65. The molecule has 0 saturated carbocycles. The van der Waals surface area contributed by atoms with Gasteiger partial charge in [0.2, 0.25) is 0 Å². The number of nitrogens with one attached hydrogen (secondary N) is 1. The van der Waals surface area contributed by atoms with E-state index in [4.69, 9.17) is 5.73 Å². The summed E-state index contributed by atoms with van der Waals surface area (Å²) in [7, 11) is 0. The van der Waals surface area contributed by atoms with Crippen LogP contribution in [0.2, 0.25) is 0 Å². The number of anilines is 1. The van der Waals surface area contributed by atoms with E-state index in [1.165, 1.54) is 6.20 Å². The van der Waals surface area contributed by atoms with Gasteiger partial charge in [0.1, 0.15) is 11.6 Å². The van der Waals surface area contributed by atoms with Gasteiger partial charge in [0, 0.05) is 12.3 Å². The third-order valence-corrected chi connectivity index (χ3v) is 2.39. The van der Waals surface area contributed by atoms with Crippen LogP contribution in [0.1, 0.15) is 16.1 Å². The minimum Gasteiger partial charge on any atom is -0.396 e. The second-order valence-corrected chi connectivity index (χ2v) is 3.75. The Balaban J connectivity index is 2.10. The van der Waals surface area contributed by atoms with Crippen LogP contribution in [-0.4, -0.2) is 16.1 Å². The molecular weight excluding hydrogens is 254 g/mol. The van der Waals surface area contributed by atoms with Crippen molar-refractivity contribution in [3.63, 3.8) is 0 Å². The molecular formula is C12H10F2N4O. The van der Waals surface area contributed by atoms with Crippen LogP contribution in [0.3, 0.4) is 0 Å². The molecule has 7 heteroatoms. The van der Waals surface area contributed by atoms with Crippen LogP contribution < -0.4 is 11.1 Å². The number of nitrogens with zero attached hydrogens (tertiary/aromatic N) is 2. The second-order valence-electron chi connectivity index (χ2n) is 3.75. The Morgan fingerprint density at radius 1 is 1.32 bits per heavy atom. The second kappa shape index (κ2) is 5.38. The van der Waals surface area contributed by atoms with E-state index in [0.717, 1.165) is 6.07 Å². The summed E-state index contributed by atoms with van der Waals surface area (Å²) in [6, 6.07) is 4.84. The highest BCUT2D eigenvalue weighted by Crippen LogP contribution is 2.16. The minimum atomic E-state index is -0.969. The Bertz CT molecular complexity index is 604. The van der Waals surface area contributed by atoms with Crippen LogP contribution >= 0.6 is 0 Å². The van der Waals surface area contributed by atoms with E-state index < -0.39 is 17.5 Å². The Hall–Kier alpha value is -2.57. The summed E-state index contributed by atoms with van der Waals surface area (Å²) in [6.07, 6.45) is 1.49. The summed E-state index contributed by atoms with van der Waals surface area (Å²) < 4.78 is 26.4. The van der Waals surface area contributed by atoms with Gasteiger partial charge in [-0.1, -0.05) is 0 Å². The molecule has 0 spiro atoms. The molecule has 1 aromatic heterocycles. The van der Waals surface area contributed by atoms with E-state index in [9.17, 15) is 13.6 Å². The first kappa shape index (κ1) is 12.9. The lowest BCUT2D eigenvalue weighted by molar-refractivity contribution is 0.0946. The molecule has 2 aromatic rings.